The maximum atomic E-state index is 11.5. The summed E-state index contributed by atoms with van der Waals surface area (Å²) in [5, 5.41) is 8.90. The van der Waals surface area contributed by atoms with Gasteiger partial charge in [-0.2, -0.15) is 0 Å². The van der Waals surface area contributed by atoms with Crippen molar-refractivity contribution in [1.29, 1.82) is 0 Å². The molecule has 0 aliphatic rings. The lowest BCUT2D eigenvalue weighted by molar-refractivity contribution is 0.208. The van der Waals surface area contributed by atoms with E-state index in [1.165, 1.54) is 0 Å². The first-order chi connectivity index (χ1) is 6.22. The fraction of sp³-hybridized carbons (Fsp3) is 1.00. The molecule has 0 spiro atoms. The molecule has 1 unspecified atom stereocenters. The van der Waals surface area contributed by atoms with E-state index < -0.39 is 15.6 Å². The van der Waals surface area contributed by atoms with Crippen molar-refractivity contribution >= 4 is 21.6 Å². The second-order valence-electron chi connectivity index (χ2n) is 4.18. The zero-order valence-corrected chi connectivity index (χ0v) is 10.3. The van der Waals surface area contributed by atoms with Gasteiger partial charge >= 0.3 is 0 Å². The Hall–Kier alpha value is 0.160. The average molecular weight is 244 g/mol. The van der Waals surface area contributed by atoms with Gasteiger partial charge in [0.05, 0.1) is 17.9 Å². The summed E-state index contributed by atoms with van der Waals surface area (Å²) in [5.74, 6) is 0.198. The van der Waals surface area contributed by atoms with Gasteiger partial charge in [0.1, 0.15) is 0 Å². The molecule has 0 radical (unpaired) electrons. The van der Waals surface area contributed by atoms with Crippen LogP contribution in [-0.4, -0.2) is 37.3 Å². The van der Waals surface area contributed by atoms with E-state index in [1.54, 1.807) is 20.8 Å². The van der Waals surface area contributed by atoms with Gasteiger partial charge in [-0.3, -0.25) is 0 Å². The number of hydrogen-bond acceptors (Lipinski definition) is 3. The number of hydrogen-bond donors (Lipinski definition) is 2. The number of aliphatic hydroxyl groups excluding tert-OH is 1. The smallest absolute Gasteiger partial charge is 0.212 e. The number of alkyl halides is 1. The lowest BCUT2D eigenvalue weighted by atomic mass is 10.1. The van der Waals surface area contributed by atoms with Crippen LogP contribution in [0, 0.1) is 5.92 Å². The summed E-state index contributed by atoms with van der Waals surface area (Å²) in [6.07, 6.45) is 0. The molecule has 0 aromatic rings. The highest BCUT2D eigenvalue weighted by molar-refractivity contribution is 7.89. The van der Waals surface area contributed by atoms with Crippen LogP contribution in [0.4, 0.5) is 0 Å². The fourth-order valence-corrected chi connectivity index (χ4v) is 3.01. The Morgan fingerprint density at radius 1 is 1.50 bits per heavy atom. The summed E-state index contributed by atoms with van der Waals surface area (Å²) in [6, 6.07) is 0. The number of rotatable bonds is 6. The van der Waals surface area contributed by atoms with Crippen molar-refractivity contribution in [1.82, 2.24) is 4.72 Å². The van der Waals surface area contributed by atoms with Crippen LogP contribution < -0.4 is 4.72 Å². The van der Waals surface area contributed by atoms with Gasteiger partial charge in [-0.15, -0.1) is 11.6 Å². The van der Waals surface area contributed by atoms with Crippen molar-refractivity contribution in [2.45, 2.75) is 26.3 Å². The molecule has 2 N–H and O–H groups in total. The highest BCUT2D eigenvalue weighted by Gasteiger charge is 2.25. The van der Waals surface area contributed by atoms with Gasteiger partial charge in [-0.1, -0.05) is 6.92 Å². The molecule has 0 aromatic carbocycles. The van der Waals surface area contributed by atoms with Crippen LogP contribution in [0.15, 0.2) is 0 Å². The predicted octanol–water partition coefficient (Wildman–Crippen LogP) is 0.552. The van der Waals surface area contributed by atoms with Crippen molar-refractivity contribution in [3.63, 3.8) is 0 Å². The summed E-state index contributed by atoms with van der Waals surface area (Å²) < 4.78 is 25.4. The Kier molecular flexibility index (Phi) is 5.36. The summed E-state index contributed by atoms with van der Waals surface area (Å²) in [4.78, 5) is 0. The SMILES string of the molecule is CC(CCl)CS(=O)(=O)NC(C)(C)CO. The van der Waals surface area contributed by atoms with E-state index in [4.69, 9.17) is 16.7 Å². The Balaban J connectivity index is 4.36. The van der Waals surface area contributed by atoms with Gasteiger partial charge in [0.15, 0.2) is 0 Å². The van der Waals surface area contributed by atoms with E-state index in [0.717, 1.165) is 0 Å². The number of sulfonamides is 1. The molecule has 0 heterocycles. The zero-order chi connectivity index (χ0) is 11.4. The lowest BCUT2D eigenvalue weighted by Crippen LogP contribution is -2.47. The Morgan fingerprint density at radius 2 is 2.00 bits per heavy atom. The highest BCUT2D eigenvalue weighted by atomic mass is 35.5. The topological polar surface area (TPSA) is 66.4 Å². The molecule has 0 amide bonds. The van der Waals surface area contributed by atoms with Crippen molar-refractivity contribution in [3.05, 3.63) is 0 Å². The molecule has 0 aliphatic carbocycles. The van der Waals surface area contributed by atoms with Crippen molar-refractivity contribution in [3.8, 4) is 0 Å². The Morgan fingerprint density at radius 3 is 2.36 bits per heavy atom. The highest BCUT2D eigenvalue weighted by Crippen LogP contribution is 2.07. The maximum absolute atomic E-state index is 11.5. The third-order valence-electron chi connectivity index (χ3n) is 1.59. The fourth-order valence-electron chi connectivity index (χ4n) is 0.914. The summed E-state index contributed by atoms with van der Waals surface area (Å²) in [6.45, 7) is 4.77. The van der Waals surface area contributed by atoms with Gasteiger partial charge in [-0.05, 0) is 19.8 Å². The minimum atomic E-state index is -3.36. The standard InChI is InChI=1S/C8H18ClNO3S/c1-7(4-9)5-14(12,13)10-8(2,3)6-11/h7,10-11H,4-6H2,1-3H3. The van der Waals surface area contributed by atoms with Crippen molar-refractivity contribution in [2.24, 2.45) is 5.92 Å². The van der Waals surface area contributed by atoms with Gasteiger partial charge in [0.2, 0.25) is 10.0 Å². The predicted molar refractivity (Wildman–Crippen MR) is 58.0 cm³/mol. The van der Waals surface area contributed by atoms with E-state index in [9.17, 15) is 8.42 Å². The van der Waals surface area contributed by atoms with E-state index in [0.29, 0.717) is 5.88 Å². The largest absolute Gasteiger partial charge is 0.394 e. The normalized spacial score (nSPS) is 15.5. The summed E-state index contributed by atoms with van der Waals surface area (Å²) >= 11 is 5.52. The average Bonchev–Trinajstić information content (AvgIpc) is 2.01. The van der Waals surface area contributed by atoms with E-state index in [-0.39, 0.29) is 18.3 Å². The third-order valence-corrected chi connectivity index (χ3v) is 3.99. The molecule has 86 valence electrons. The molecular weight excluding hydrogens is 226 g/mol. The molecule has 0 bridgehead atoms. The van der Waals surface area contributed by atoms with Crippen molar-refractivity contribution < 1.29 is 13.5 Å². The van der Waals surface area contributed by atoms with Crippen LogP contribution in [0.5, 0.6) is 0 Å². The first-order valence-corrected chi connectivity index (χ1v) is 6.59. The molecular formula is C8H18ClNO3S. The quantitative estimate of drug-likeness (QED) is 0.670. The summed E-state index contributed by atoms with van der Waals surface area (Å²) in [7, 11) is -3.36. The number of nitrogens with one attached hydrogen (secondary N) is 1. The minimum absolute atomic E-state index is 0.0140. The molecule has 0 saturated heterocycles. The molecule has 0 aromatic heterocycles. The second-order valence-corrected chi connectivity index (χ2v) is 6.26. The molecule has 4 nitrogen and oxygen atoms in total. The van der Waals surface area contributed by atoms with E-state index in [1.807, 2.05) is 0 Å². The van der Waals surface area contributed by atoms with Crippen LogP contribution in [0.2, 0.25) is 0 Å². The first-order valence-electron chi connectivity index (χ1n) is 4.41. The molecule has 0 aliphatic heterocycles. The van der Waals surface area contributed by atoms with Crippen molar-refractivity contribution in [2.75, 3.05) is 18.2 Å². The zero-order valence-electron chi connectivity index (χ0n) is 8.75. The molecule has 0 rings (SSSR count). The van der Waals surface area contributed by atoms with E-state index >= 15 is 0 Å². The van der Waals surface area contributed by atoms with Crippen LogP contribution in [0.3, 0.4) is 0 Å². The monoisotopic (exact) mass is 243 g/mol. The Bertz CT molecular complexity index is 264. The number of aliphatic hydroxyl groups is 1. The second kappa shape index (κ2) is 5.30. The van der Waals surface area contributed by atoms with E-state index in [2.05, 4.69) is 4.72 Å². The summed E-state index contributed by atoms with van der Waals surface area (Å²) in [5.41, 5.74) is -0.815. The van der Waals surface area contributed by atoms with Crippen LogP contribution in [0.25, 0.3) is 0 Å². The van der Waals surface area contributed by atoms with Crippen LogP contribution in [0.1, 0.15) is 20.8 Å². The molecule has 0 saturated carbocycles. The molecule has 14 heavy (non-hydrogen) atoms. The van der Waals surface area contributed by atoms with Crippen LogP contribution >= 0.6 is 11.6 Å². The van der Waals surface area contributed by atoms with Gasteiger partial charge < -0.3 is 5.11 Å². The molecule has 1 atom stereocenters. The van der Waals surface area contributed by atoms with Gasteiger partial charge in [-0.25, -0.2) is 13.1 Å². The van der Waals surface area contributed by atoms with Crippen LogP contribution in [-0.2, 0) is 10.0 Å². The number of halogens is 1. The van der Waals surface area contributed by atoms with Gasteiger partial charge in [0.25, 0.3) is 0 Å². The lowest BCUT2D eigenvalue weighted by Gasteiger charge is -2.23. The van der Waals surface area contributed by atoms with Gasteiger partial charge in [0, 0.05) is 5.88 Å². The first kappa shape index (κ1) is 14.2. The Labute approximate surface area is 90.7 Å². The third kappa shape index (κ3) is 5.80. The maximum Gasteiger partial charge on any atom is 0.212 e. The molecule has 6 heteroatoms. The minimum Gasteiger partial charge on any atom is -0.394 e. The molecule has 0 fully saturated rings.